The quantitative estimate of drug-likeness (QED) is 0.216. The van der Waals surface area contributed by atoms with E-state index in [1.807, 2.05) is 0 Å². The monoisotopic (exact) mass is 350 g/mol. The molecule has 1 aliphatic carbocycles. The second-order valence-electron chi connectivity index (χ2n) is 8.02. The van der Waals surface area contributed by atoms with Crippen LogP contribution in [0.3, 0.4) is 0 Å². The highest BCUT2D eigenvalue weighted by Crippen LogP contribution is 2.29. The van der Waals surface area contributed by atoms with Crippen LogP contribution in [-0.4, -0.2) is 11.1 Å². The summed E-state index contributed by atoms with van der Waals surface area (Å²) >= 11 is 0. The highest BCUT2D eigenvalue weighted by atomic mass is 16.4. The average Bonchev–Trinajstić information content (AvgIpc) is 3.11. The third-order valence-corrected chi connectivity index (χ3v) is 5.64. The van der Waals surface area contributed by atoms with Gasteiger partial charge in [-0.2, -0.15) is 0 Å². The van der Waals surface area contributed by atoms with Crippen molar-refractivity contribution >= 4 is 5.97 Å². The molecular formula is C23H42O2. The van der Waals surface area contributed by atoms with Gasteiger partial charge in [-0.3, -0.25) is 4.79 Å². The first-order valence-corrected chi connectivity index (χ1v) is 11.2. The largest absolute Gasteiger partial charge is 0.481 e. The van der Waals surface area contributed by atoms with Crippen LogP contribution in [0.15, 0.2) is 12.2 Å². The molecule has 0 aromatic rings. The summed E-state index contributed by atoms with van der Waals surface area (Å²) in [6, 6.07) is 0. The van der Waals surface area contributed by atoms with Crippen molar-refractivity contribution in [2.45, 2.75) is 122 Å². The number of allylic oxidation sites excluding steroid dienone is 2. The van der Waals surface area contributed by atoms with E-state index in [1.54, 1.807) is 0 Å². The molecule has 1 aliphatic rings. The molecule has 1 saturated carbocycles. The molecule has 0 unspecified atom stereocenters. The van der Waals surface area contributed by atoms with Gasteiger partial charge in [-0.15, -0.1) is 0 Å². The van der Waals surface area contributed by atoms with Gasteiger partial charge in [0.1, 0.15) is 0 Å². The van der Waals surface area contributed by atoms with E-state index in [2.05, 4.69) is 12.2 Å². The predicted octanol–water partition coefficient (Wildman–Crippen LogP) is 7.67. The van der Waals surface area contributed by atoms with Gasteiger partial charge in [0.15, 0.2) is 0 Å². The Balaban J connectivity index is 1.70. The molecule has 1 rings (SSSR count). The van der Waals surface area contributed by atoms with Gasteiger partial charge < -0.3 is 5.11 Å². The number of carbonyl (C=O) groups is 1. The van der Waals surface area contributed by atoms with E-state index in [0.717, 1.165) is 18.8 Å². The fourth-order valence-electron chi connectivity index (χ4n) is 4.01. The molecule has 0 heterocycles. The number of unbranched alkanes of at least 4 members (excludes halogenated alkanes) is 11. The SMILES string of the molecule is O=C(O)CCCCCCC/C=C\CCCCCCCCC1CCCC1. The fourth-order valence-corrected chi connectivity index (χ4v) is 4.01. The van der Waals surface area contributed by atoms with E-state index in [4.69, 9.17) is 5.11 Å². The van der Waals surface area contributed by atoms with Crippen LogP contribution < -0.4 is 0 Å². The fraction of sp³-hybridized carbons (Fsp3) is 0.870. The van der Waals surface area contributed by atoms with Crippen LogP contribution in [0.25, 0.3) is 0 Å². The molecule has 0 amide bonds. The molecule has 25 heavy (non-hydrogen) atoms. The van der Waals surface area contributed by atoms with Crippen molar-refractivity contribution in [1.29, 1.82) is 0 Å². The summed E-state index contributed by atoms with van der Waals surface area (Å²) in [6.07, 6.45) is 29.1. The van der Waals surface area contributed by atoms with Gasteiger partial charge in [0.05, 0.1) is 0 Å². The smallest absolute Gasteiger partial charge is 0.303 e. The van der Waals surface area contributed by atoms with Crippen molar-refractivity contribution in [3.63, 3.8) is 0 Å². The Morgan fingerprint density at radius 3 is 1.76 bits per heavy atom. The molecule has 146 valence electrons. The Kier molecular flexibility index (Phi) is 14.8. The molecule has 2 nitrogen and oxygen atoms in total. The summed E-state index contributed by atoms with van der Waals surface area (Å²) < 4.78 is 0. The van der Waals surface area contributed by atoms with Crippen LogP contribution in [0.5, 0.6) is 0 Å². The van der Waals surface area contributed by atoms with Gasteiger partial charge >= 0.3 is 5.97 Å². The van der Waals surface area contributed by atoms with Gasteiger partial charge in [0, 0.05) is 6.42 Å². The van der Waals surface area contributed by atoms with E-state index < -0.39 is 5.97 Å². The lowest BCUT2D eigenvalue weighted by Crippen LogP contribution is -1.93. The topological polar surface area (TPSA) is 37.3 Å². The Bertz CT molecular complexity index is 329. The first kappa shape index (κ1) is 22.3. The summed E-state index contributed by atoms with van der Waals surface area (Å²) in [5.74, 6) is 0.418. The lowest BCUT2D eigenvalue weighted by atomic mass is 9.99. The number of hydrogen-bond donors (Lipinski definition) is 1. The van der Waals surface area contributed by atoms with Gasteiger partial charge in [0.25, 0.3) is 0 Å². The Morgan fingerprint density at radius 2 is 1.20 bits per heavy atom. The normalized spacial score (nSPS) is 15.4. The molecule has 1 N–H and O–H groups in total. The number of rotatable bonds is 17. The number of carboxylic acid groups (broad SMARTS) is 1. The number of carboxylic acids is 1. The standard InChI is InChI=1S/C23H42O2/c24-23(25)21-15-13-11-9-7-5-3-1-2-4-6-8-10-12-14-18-22-19-16-17-20-22/h1,3,22H,2,4-21H2,(H,24,25)/b3-1-. The Labute approximate surface area is 156 Å². The lowest BCUT2D eigenvalue weighted by molar-refractivity contribution is -0.137. The predicted molar refractivity (Wildman–Crippen MR) is 108 cm³/mol. The van der Waals surface area contributed by atoms with Gasteiger partial charge in [0.2, 0.25) is 0 Å². The second kappa shape index (κ2) is 16.7. The highest BCUT2D eigenvalue weighted by Gasteiger charge is 2.13. The van der Waals surface area contributed by atoms with Gasteiger partial charge in [-0.05, 0) is 38.0 Å². The minimum absolute atomic E-state index is 0.334. The molecular weight excluding hydrogens is 308 g/mol. The van der Waals surface area contributed by atoms with Crippen molar-refractivity contribution in [2.24, 2.45) is 5.92 Å². The van der Waals surface area contributed by atoms with Crippen LogP contribution in [-0.2, 0) is 4.79 Å². The molecule has 2 heteroatoms. The maximum atomic E-state index is 10.4. The Hall–Kier alpha value is -0.790. The van der Waals surface area contributed by atoms with Crippen molar-refractivity contribution in [3.05, 3.63) is 12.2 Å². The maximum Gasteiger partial charge on any atom is 0.303 e. The summed E-state index contributed by atoms with van der Waals surface area (Å²) in [6.45, 7) is 0. The van der Waals surface area contributed by atoms with Crippen molar-refractivity contribution in [1.82, 2.24) is 0 Å². The zero-order valence-corrected chi connectivity index (χ0v) is 16.5. The summed E-state index contributed by atoms with van der Waals surface area (Å²) in [5.41, 5.74) is 0. The zero-order valence-electron chi connectivity index (χ0n) is 16.5. The molecule has 0 aliphatic heterocycles. The second-order valence-corrected chi connectivity index (χ2v) is 8.02. The average molecular weight is 351 g/mol. The summed E-state index contributed by atoms with van der Waals surface area (Å²) in [5, 5.41) is 8.56. The molecule has 0 bridgehead atoms. The van der Waals surface area contributed by atoms with E-state index in [0.29, 0.717) is 6.42 Å². The van der Waals surface area contributed by atoms with Gasteiger partial charge in [-0.25, -0.2) is 0 Å². The molecule has 0 saturated heterocycles. The molecule has 0 aromatic carbocycles. The number of aliphatic carboxylic acids is 1. The summed E-state index contributed by atoms with van der Waals surface area (Å²) in [4.78, 5) is 10.4. The molecule has 1 fully saturated rings. The first-order valence-electron chi connectivity index (χ1n) is 11.2. The van der Waals surface area contributed by atoms with Crippen LogP contribution in [0.1, 0.15) is 122 Å². The maximum absolute atomic E-state index is 10.4. The summed E-state index contributed by atoms with van der Waals surface area (Å²) in [7, 11) is 0. The lowest BCUT2D eigenvalue weighted by Gasteiger charge is -2.07. The molecule has 0 radical (unpaired) electrons. The minimum Gasteiger partial charge on any atom is -0.481 e. The van der Waals surface area contributed by atoms with Gasteiger partial charge in [-0.1, -0.05) is 95.6 Å². The van der Waals surface area contributed by atoms with Crippen molar-refractivity contribution < 1.29 is 9.90 Å². The zero-order chi connectivity index (χ0) is 18.0. The van der Waals surface area contributed by atoms with Crippen molar-refractivity contribution in [2.75, 3.05) is 0 Å². The highest BCUT2D eigenvalue weighted by molar-refractivity contribution is 5.66. The minimum atomic E-state index is -0.660. The molecule has 0 spiro atoms. The van der Waals surface area contributed by atoms with E-state index in [-0.39, 0.29) is 0 Å². The van der Waals surface area contributed by atoms with E-state index >= 15 is 0 Å². The third kappa shape index (κ3) is 15.2. The van der Waals surface area contributed by atoms with E-state index in [9.17, 15) is 4.79 Å². The van der Waals surface area contributed by atoms with E-state index in [1.165, 1.54) is 103 Å². The molecule has 0 atom stereocenters. The van der Waals surface area contributed by atoms with Crippen LogP contribution in [0.2, 0.25) is 0 Å². The van der Waals surface area contributed by atoms with Crippen LogP contribution in [0, 0.1) is 5.92 Å². The molecule has 0 aromatic heterocycles. The van der Waals surface area contributed by atoms with Crippen molar-refractivity contribution in [3.8, 4) is 0 Å². The Morgan fingerprint density at radius 1 is 0.720 bits per heavy atom. The first-order chi connectivity index (χ1) is 12.3. The van der Waals surface area contributed by atoms with Crippen LogP contribution >= 0.6 is 0 Å². The van der Waals surface area contributed by atoms with Crippen LogP contribution in [0.4, 0.5) is 0 Å². The third-order valence-electron chi connectivity index (χ3n) is 5.64. The number of hydrogen-bond acceptors (Lipinski definition) is 1.